The first-order chi connectivity index (χ1) is 12.5. The molecule has 0 N–H and O–H groups in total. The number of imidazole rings is 1. The molecule has 1 amide bonds. The molecule has 2 unspecified atom stereocenters. The van der Waals surface area contributed by atoms with Crippen molar-refractivity contribution in [2.75, 3.05) is 6.61 Å². The third-order valence-corrected chi connectivity index (χ3v) is 4.76. The Kier molecular flexibility index (Phi) is 5.35. The van der Waals surface area contributed by atoms with E-state index < -0.39 is 5.97 Å². The first-order valence-corrected chi connectivity index (χ1v) is 8.74. The van der Waals surface area contributed by atoms with Crippen LogP contribution < -0.4 is 0 Å². The fraction of sp³-hybridized carbons (Fsp3) is 0.421. The normalized spacial score (nSPS) is 20.0. The lowest BCUT2D eigenvalue weighted by molar-refractivity contribution is -0.140. The lowest BCUT2D eigenvalue weighted by Gasteiger charge is -2.38. The van der Waals surface area contributed by atoms with E-state index in [4.69, 9.17) is 4.74 Å². The minimum atomic E-state index is -0.641. The van der Waals surface area contributed by atoms with Crippen LogP contribution in [0.25, 0.3) is 5.69 Å². The summed E-state index contributed by atoms with van der Waals surface area (Å²) in [5, 5.41) is 0. The number of likely N-dealkylation sites (tertiary alicyclic amines) is 1. The average molecular weight is 359 g/mol. The number of piperidine rings is 1. The maximum Gasteiger partial charge on any atom is 0.357 e. The number of carbonyl (C=O) groups excluding carboxylic acids is 2. The van der Waals surface area contributed by atoms with Gasteiger partial charge in [-0.15, -0.1) is 0 Å². The zero-order valence-electron chi connectivity index (χ0n) is 14.9. The second-order valence-corrected chi connectivity index (χ2v) is 6.63. The van der Waals surface area contributed by atoms with E-state index in [1.54, 1.807) is 4.90 Å². The molecular weight excluding hydrogens is 337 g/mol. The number of aromatic nitrogens is 2. The molecule has 3 rings (SSSR count). The Hall–Kier alpha value is -2.70. The van der Waals surface area contributed by atoms with Gasteiger partial charge in [0.1, 0.15) is 5.82 Å². The van der Waals surface area contributed by atoms with E-state index in [2.05, 4.69) is 4.98 Å². The smallest absolute Gasteiger partial charge is 0.357 e. The highest BCUT2D eigenvalue weighted by atomic mass is 19.1. The van der Waals surface area contributed by atoms with Gasteiger partial charge in [-0.05, 0) is 57.4 Å². The number of amides is 1. The fourth-order valence-corrected chi connectivity index (χ4v) is 3.44. The zero-order valence-corrected chi connectivity index (χ0v) is 14.9. The van der Waals surface area contributed by atoms with Gasteiger partial charge in [-0.2, -0.15) is 0 Å². The van der Waals surface area contributed by atoms with Gasteiger partial charge in [0, 0.05) is 17.8 Å². The third kappa shape index (κ3) is 3.76. The van der Waals surface area contributed by atoms with E-state index in [1.165, 1.54) is 41.4 Å². The van der Waals surface area contributed by atoms with Crippen molar-refractivity contribution in [3.63, 3.8) is 0 Å². The Morgan fingerprint density at radius 3 is 2.50 bits per heavy atom. The predicted molar refractivity (Wildman–Crippen MR) is 93.4 cm³/mol. The standard InChI is InChI=1S/C19H22FN3O3/c1-13-4-3-5-14(2)23(13)18(24)11-26-19(25)17-10-21-12-22(17)16-8-6-15(20)7-9-16/h6-10,12-14H,3-5,11H2,1-2H3. The topological polar surface area (TPSA) is 64.4 Å². The summed E-state index contributed by atoms with van der Waals surface area (Å²) in [6, 6.07) is 5.97. The van der Waals surface area contributed by atoms with Gasteiger partial charge in [-0.3, -0.25) is 9.36 Å². The molecule has 1 saturated heterocycles. The molecule has 1 fully saturated rings. The Morgan fingerprint density at radius 2 is 1.85 bits per heavy atom. The van der Waals surface area contributed by atoms with Crippen LogP contribution in [-0.4, -0.2) is 45.0 Å². The lowest BCUT2D eigenvalue weighted by atomic mass is 9.97. The number of carbonyl (C=O) groups is 2. The molecule has 0 bridgehead atoms. The molecule has 0 aliphatic carbocycles. The molecule has 7 heteroatoms. The van der Waals surface area contributed by atoms with Crippen molar-refractivity contribution in [3.05, 3.63) is 48.3 Å². The summed E-state index contributed by atoms with van der Waals surface area (Å²) in [5.41, 5.74) is 0.768. The number of ether oxygens (including phenoxy) is 1. The highest BCUT2D eigenvalue weighted by molar-refractivity contribution is 5.90. The summed E-state index contributed by atoms with van der Waals surface area (Å²) in [6.45, 7) is 3.72. The van der Waals surface area contributed by atoms with Crippen molar-refractivity contribution in [2.45, 2.75) is 45.2 Å². The first-order valence-electron chi connectivity index (χ1n) is 8.74. The Labute approximate surface area is 151 Å². The van der Waals surface area contributed by atoms with Gasteiger partial charge in [0.15, 0.2) is 12.3 Å². The van der Waals surface area contributed by atoms with Crippen LogP contribution in [0, 0.1) is 5.82 Å². The summed E-state index contributed by atoms with van der Waals surface area (Å²) in [5.74, 6) is -1.20. The van der Waals surface area contributed by atoms with Gasteiger partial charge in [-0.1, -0.05) is 0 Å². The molecular formula is C19H22FN3O3. The second kappa shape index (κ2) is 7.68. The average Bonchev–Trinajstić information content (AvgIpc) is 3.10. The van der Waals surface area contributed by atoms with Crippen LogP contribution in [0.5, 0.6) is 0 Å². The third-order valence-electron chi connectivity index (χ3n) is 4.76. The molecule has 0 spiro atoms. The molecule has 6 nitrogen and oxygen atoms in total. The summed E-state index contributed by atoms with van der Waals surface area (Å²) in [7, 11) is 0. The van der Waals surface area contributed by atoms with E-state index in [1.807, 2.05) is 13.8 Å². The highest BCUT2D eigenvalue weighted by Gasteiger charge is 2.29. The van der Waals surface area contributed by atoms with Crippen LogP contribution in [0.15, 0.2) is 36.8 Å². The Bertz CT molecular complexity index is 778. The molecule has 138 valence electrons. The monoisotopic (exact) mass is 359 g/mol. The minimum absolute atomic E-state index is 0.148. The van der Waals surface area contributed by atoms with Crippen molar-refractivity contribution in [1.29, 1.82) is 0 Å². The summed E-state index contributed by atoms with van der Waals surface area (Å²) in [6.07, 6.45) is 5.83. The van der Waals surface area contributed by atoms with E-state index >= 15 is 0 Å². The number of esters is 1. The molecule has 2 heterocycles. The maximum atomic E-state index is 13.1. The molecule has 2 aromatic rings. The fourth-order valence-electron chi connectivity index (χ4n) is 3.44. The number of nitrogens with zero attached hydrogens (tertiary/aromatic N) is 3. The van der Waals surface area contributed by atoms with E-state index in [0.29, 0.717) is 5.69 Å². The molecule has 1 aromatic heterocycles. The quantitative estimate of drug-likeness (QED) is 0.788. The Balaban J connectivity index is 1.67. The molecule has 1 aromatic carbocycles. The summed E-state index contributed by atoms with van der Waals surface area (Å²) in [4.78, 5) is 30.6. The molecule has 1 aliphatic rings. The van der Waals surface area contributed by atoms with Gasteiger partial charge < -0.3 is 9.64 Å². The molecule has 1 aliphatic heterocycles. The van der Waals surface area contributed by atoms with Crippen molar-refractivity contribution >= 4 is 11.9 Å². The summed E-state index contributed by atoms with van der Waals surface area (Å²) >= 11 is 0. The molecule has 0 radical (unpaired) electrons. The SMILES string of the molecule is CC1CCCC(C)N1C(=O)COC(=O)c1cncn1-c1ccc(F)cc1. The van der Waals surface area contributed by atoms with Gasteiger partial charge in [0.25, 0.3) is 5.91 Å². The van der Waals surface area contributed by atoms with Crippen LogP contribution in [0.4, 0.5) is 4.39 Å². The van der Waals surface area contributed by atoms with Crippen molar-refractivity contribution in [2.24, 2.45) is 0 Å². The lowest BCUT2D eigenvalue weighted by Crippen LogP contribution is -2.49. The first kappa shape index (κ1) is 18.1. The van der Waals surface area contributed by atoms with Crippen molar-refractivity contribution < 1.29 is 18.7 Å². The minimum Gasteiger partial charge on any atom is -0.451 e. The highest BCUT2D eigenvalue weighted by Crippen LogP contribution is 2.22. The number of hydrogen-bond acceptors (Lipinski definition) is 4. The predicted octanol–water partition coefficient (Wildman–Crippen LogP) is 2.96. The van der Waals surface area contributed by atoms with Crippen LogP contribution in [0.3, 0.4) is 0 Å². The van der Waals surface area contributed by atoms with Gasteiger partial charge >= 0.3 is 5.97 Å². The van der Waals surface area contributed by atoms with Gasteiger partial charge in [0.2, 0.25) is 0 Å². The van der Waals surface area contributed by atoms with E-state index in [-0.39, 0.29) is 36.1 Å². The van der Waals surface area contributed by atoms with Crippen LogP contribution >= 0.6 is 0 Å². The number of halogens is 1. The number of benzene rings is 1. The molecule has 2 atom stereocenters. The number of rotatable bonds is 4. The second-order valence-electron chi connectivity index (χ2n) is 6.63. The number of hydrogen-bond donors (Lipinski definition) is 0. The maximum absolute atomic E-state index is 13.1. The van der Waals surface area contributed by atoms with Crippen LogP contribution in [-0.2, 0) is 9.53 Å². The van der Waals surface area contributed by atoms with Crippen molar-refractivity contribution in [3.8, 4) is 5.69 Å². The van der Waals surface area contributed by atoms with Crippen molar-refractivity contribution in [1.82, 2.24) is 14.5 Å². The van der Waals surface area contributed by atoms with E-state index in [0.717, 1.165) is 19.3 Å². The van der Waals surface area contributed by atoms with Crippen LogP contribution in [0.1, 0.15) is 43.6 Å². The van der Waals surface area contributed by atoms with E-state index in [9.17, 15) is 14.0 Å². The zero-order chi connectivity index (χ0) is 18.7. The van der Waals surface area contributed by atoms with Gasteiger partial charge in [0.05, 0.1) is 12.5 Å². The summed E-state index contributed by atoms with van der Waals surface area (Å²) < 4.78 is 19.8. The molecule has 26 heavy (non-hydrogen) atoms. The Morgan fingerprint density at radius 1 is 1.19 bits per heavy atom. The van der Waals surface area contributed by atoms with Gasteiger partial charge in [-0.25, -0.2) is 14.2 Å². The largest absolute Gasteiger partial charge is 0.451 e. The molecule has 0 saturated carbocycles. The van der Waals surface area contributed by atoms with Crippen LogP contribution in [0.2, 0.25) is 0 Å².